The van der Waals surface area contributed by atoms with E-state index < -0.39 is 16.9 Å². The van der Waals surface area contributed by atoms with Gasteiger partial charge in [0.25, 0.3) is 5.91 Å². The van der Waals surface area contributed by atoms with Crippen molar-refractivity contribution in [1.82, 2.24) is 4.90 Å². The molecule has 40 heavy (non-hydrogen) atoms. The average Bonchev–Trinajstić information content (AvgIpc) is 3.70. The van der Waals surface area contributed by atoms with E-state index in [0.717, 1.165) is 42.4 Å². The highest BCUT2D eigenvalue weighted by molar-refractivity contribution is 6.21. The number of nitrogens with zero attached hydrogens (tertiary/aromatic N) is 1. The zero-order valence-corrected chi connectivity index (χ0v) is 22.8. The van der Waals surface area contributed by atoms with Crippen LogP contribution >= 0.6 is 0 Å². The average molecular weight is 536 g/mol. The molecule has 0 unspecified atom stereocenters. The molecule has 0 bridgehead atoms. The Morgan fingerprint density at radius 3 is 2.58 bits per heavy atom. The minimum absolute atomic E-state index is 0.129. The van der Waals surface area contributed by atoms with Gasteiger partial charge in [0.1, 0.15) is 16.7 Å². The maximum atomic E-state index is 14.8. The first-order valence-electron chi connectivity index (χ1n) is 14.4. The molecule has 0 aliphatic carbocycles. The lowest BCUT2D eigenvalue weighted by atomic mass is 9.57. The van der Waals surface area contributed by atoms with Crippen LogP contribution in [0.3, 0.4) is 0 Å². The molecular formula is C33H33N3O4. The van der Waals surface area contributed by atoms with Gasteiger partial charge in [0.05, 0.1) is 12.5 Å². The number of aryl methyl sites for hydroxylation is 1. The second-order valence-corrected chi connectivity index (χ2v) is 11.3. The molecule has 2 N–H and O–H groups in total. The van der Waals surface area contributed by atoms with E-state index in [1.807, 2.05) is 55.5 Å². The molecule has 2 spiro atoms. The van der Waals surface area contributed by atoms with Crippen molar-refractivity contribution in [3.8, 4) is 5.75 Å². The molecule has 7 nitrogen and oxygen atoms in total. The maximum absolute atomic E-state index is 14.8. The van der Waals surface area contributed by atoms with Crippen LogP contribution in [0.5, 0.6) is 5.75 Å². The molecule has 0 saturated carbocycles. The molecule has 7 rings (SSSR count). The summed E-state index contributed by atoms with van der Waals surface area (Å²) in [5.74, 6) is -0.780. The Morgan fingerprint density at radius 2 is 1.75 bits per heavy atom. The lowest BCUT2D eigenvalue weighted by Crippen LogP contribution is -2.62. The topological polar surface area (TPSA) is 87.7 Å². The molecule has 0 radical (unpaired) electrons. The molecule has 204 valence electrons. The standard InChI is InChI=1S/C33H33N3O4/c1-3-17-40-22-10-7-9-21(19-22)29(37)28-27-13-8-16-36(27)33(24-18-20(4-2)14-15-26(24)35-31(33)39)32(28)23-11-5-6-12-25(23)34-30(32)38/h5-7,9-12,14-15,18-19,27-28H,3-4,8,13,16-17H2,1-2H3,(H,34,38)(H,35,39)/t27-,28-,32+,33+/m0/s1. The van der Waals surface area contributed by atoms with E-state index in [9.17, 15) is 14.4 Å². The number of benzene rings is 3. The second kappa shape index (κ2) is 9.03. The van der Waals surface area contributed by atoms with Crippen LogP contribution in [0.25, 0.3) is 0 Å². The van der Waals surface area contributed by atoms with E-state index in [1.165, 1.54) is 0 Å². The number of anilines is 2. The SMILES string of the molecule is CCCOc1cccc(C(=O)[C@@H]2[C@@H]3CCCN3[C@]3(C(=O)Nc4ccc(CC)cc43)[C@@]23C(=O)Nc2ccccc23)c1. The number of carbonyl (C=O) groups excluding carboxylic acids is 3. The number of hydrogen-bond acceptors (Lipinski definition) is 5. The highest BCUT2D eigenvalue weighted by Crippen LogP contribution is 2.67. The molecule has 2 amide bonds. The summed E-state index contributed by atoms with van der Waals surface area (Å²) in [5.41, 5.74) is 1.70. The predicted molar refractivity (Wildman–Crippen MR) is 153 cm³/mol. The second-order valence-electron chi connectivity index (χ2n) is 11.3. The Labute approximate surface area is 233 Å². The quantitative estimate of drug-likeness (QED) is 0.431. The van der Waals surface area contributed by atoms with Gasteiger partial charge >= 0.3 is 0 Å². The summed E-state index contributed by atoms with van der Waals surface area (Å²) >= 11 is 0. The number of Topliss-reactive ketones (excluding diaryl/α,β-unsaturated/α-hetero) is 1. The van der Waals surface area contributed by atoms with Gasteiger partial charge in [-0.3, -0.25) is 19.3 Å². The highest BCUT2D eigenvalue weighted by Gasteiger charge is 2.81. The lowest BCUT2D eigenvalue weighted by Gasteiger charge is -2.43. The first-order chi connectivity index (χ1) is 19.5. The van der Waals surface area contributed by atoms with Crippen LogP contribution in [-0.4, -0.2) is 41.7 Å². The van der Waals surface area contributed by atoms with Crippen molar-refractivity contribution in [2.24, 2.45) is 5.92 Å². The largest absolute Gasteiger partial charge is 0.494 e. The molecule has 3 aromatic carbocycles. The molecule has 0 aromatic heterocycles. The molecule has 7 heteroatoms. The number of ketones is 1. The minimum Gasteiger partial charge on any atom is -0.494 e. The zero-order valence-electron chi connectivity index (χ0n) is 22.8. The van der Waals surface area contributed by atoms with Gasteiger partial charge in [-0.2, -0.15) is 0 Å². The highest BCUT2D eigenvalue weighted by atomic mass is 16.5. The number of amides is 2. The molecule has 2 fully saturated rings. The third-order valence-corrected chi connectivity index (χ3v) is 9.44. The predicted octanol–water partition coefficient (Wildman–Crippen LogP) is 5.05. The first-order valence-corrected chi connectivity index (χ1v) is 14.4. The monoisotopic (exact) mass is 535 g/mol. The van der Waals surface area contributed by atoms with E-state index >= 15 is 0 Å². The first kappa shape index (κ1) is 25.0. The van der Waals surface area contributed by atoms with Gasteiger partial charge in [-0.15, -0.1) is 0 Å². The summed E-state index contributed by atoms with van der Waals surface area (Å²) in [7, 11) is 0. The fourth-order valence-corrected chi connectivity index (χ4v) is 7.98. The van der Waals surface area contributed by atoms with E-state index in [-0.39, 0.29) is 23.6 Å². The third kappa shape index (κ3) is 3.01. The van der Waals surface area contributed by atoms with Crippen molar-refractivity contribution in [3.63, 3.8) is 0 Å². The summed E-state index contributed by atoms with van der Waals surface area (Å²) in [5, 5.41) is 6.24. The number of nitrogens with one attached hydrogen (secondary N) is 2. The summed E-state index contributed by atoms with van der Waals surface area (Å²) in [6, 6.07) is 20.6. The summed E-state index contributed by atoms with van der Waals surface area (Å²) in [6.45, 7) is 5.31. The van der Waals surface area contributed by atoms with Crippen molar-refractivity contribution in [1.29, 1.82) is 0 Å². The number of fused-ring (bicyclic) bond motifs is 7. The third-order valence-electron chi connectivity index (χ3n) is 9.44. The lowest BCUT2D eigenvalue weighted by molar-refractivity contribution is -0.137. The van der Waals surface area contributed by atoms with Crippen molar-refractivity contribution in [2.75, 3.05) is 23.8 Å². The Hall–Kier alpha value is -3.97. The van der Waals surface area contributed by atoms with Gasteiger partial charge in [-0.05, 0) is 67.6 Å². The van der Waals surface area contributed by atoms with Crippen LogP contribution in [0, 0.1) is 5.92 Å². The summed E-state index contributed by atoms with van der Waals surface area (Å²) < 4.78 is 5.87. The van der Waals surface area contributed by atoms with Gasteiger partial charge < -0.3 is 15.4 Å². The van der Waals surface area contributed by atoms with Crippen molar-refractivity contribution >= 4 is 29.0 Å². The van der Waals surface area contributed by atoms with Crippen molar-refractivity contribution < 1.29 is 19.1 Å². The van der Waals surface area contributed by atoms with Crippen LogP contribution in [-0.2, 0) is 27.0 Å². The van der Waals surface area contributed by atoms with E-state index in [1.54, 1.807) is 12.1 Å². The van der Waals surface area contributed by atoms with E-state index in [2.05, 4.69) is 28.5 Å². The molecular weight excluding hydrogens is 502 g/mol. The number of hydrogen-bond donors (Lipinski definition) is 2. The van der Waals surface area contributed by atoms with E-state index in [0.29, 0.717) is 35.8 Å². The van der Waals surface area contributed by atoms with Crippen LogP contribution in [0.4, 0.5) is 11.4 Å². The fraction of sp³-hybridized carbons (Fsp3) is 0.364. The molecule has 4 heterocycles. The molecule has 3 aromatic rings. The van der Waals surface area contributed by atoms with Gasteiger partial charge in [0.15, 0.2) is 5.78 Å². The number of rotatable bonds is 6. The van der Waals surface area contributed by atoms with Crippen molar-refractivity contribution in [3.05, 3.63) is 89.0 Å². The van der Waals surface area contributed by atoms with Crippen LogP contribution in [0.2, 0.25) is 0 Å². The minimum atomic E-state index is -1.44. The molecule has 4 atom stereocenters. The van der Waals surface area contributed by atoms with Gasteiger partial charge in [0.2, 0.25) is 5.91 Å². The summed E-state index contributed by atoms with van der Waals surface area (Å²) in [6.07, 6.45) is 3.24. The van der Waals surface area contributed by atoms with Gasteiger partial charge in [0, 0.05) is 28.5 Å². The Bertz CT molecular complexity index is 1570. The Balaban J connectivity index is 1.52. The van der Waals surface area contributed by atoms with Gasteiger partial charge in [-0.1, -0.05) is 56.3 Å². The molecule has 2 saturated heterocycles. The normalized spacial score (nSPS) is 27.9. The van der Waals surface area contributed by atoms with E-state index in [4.69, 9.17) is 4.74 Å². The fourth-order valence-electron chi connectivity index (χ4n) is 7.98. The smallest absolute Gasteiger partial charge is 0.251 e. The molecule has 4 aliphatic heterocycles. The number of carbonyl (C=O) groups is 3. The molecule has 4 aliphatic rings. The zero-order chi connectivity index (χ0) is 27.6. The van der Waals surface area contributed by atoms with Gasteiger partial charge in [-0.25, -0.2) is 0 Å². The summed E-state index contributed by atoms with van der Waals surface area (Å²) in [4.78, 5) is 46.2. The number of ether oxygens (including phenoxy) is 1. The number of para-hydroxylation sites is 1. The van der Waals surface area contributed by atoms with Crippen LogP contribution in [0.15, 0.2) is 66.7 Å². The van der Waals surface area contributed by atoms with Crippen LogP contribution in [0.1, 0.15) is 60.2 Å². The van der Waals surface area contributed by atoms with Crippen LogP contribution < -0.4 is 15.4 Å². The Morgan fingerprint density at radius 1 is 0.950 bits per heavy atom. The Kier molecular flexibility index (Phi) is 5.65. The maximum Gasteiger partial charge on any atom is 0.251 e. The van der Waals surface area contributed by atoms with Crippen molar-refractivity contribution in [2.45, 2.75) is 56.5 Å².